The molecule has 1 unspecified atom stereocenters. The molecule has 1 aromatic carbocycles. The summed E-state index contributed by atoms with van der Waals surface area (Å²) in [6.45, 7) is 7.10. The number of nitrogens with two attached hydrogens (primary N) is 1. The van der Waals surface area contributed by atoms with Gasteiger partial charge in [0.2, 0.25) is 0 Å². The van der Waals surface area contributed by atoms with Gasteiger partial charge in [0.1, 0.15) is 5.75 Å². The van der Waals surface area contributed by atoms with Gasteiger partial charge in [-0.05, 0) is 50.6 Å². The second-order valence-electron chi connectivity index (χ2n) is 4.74. The van der Waals surface area contributed by atoms with Crippen molar-refractivity contribution in [3.8, 4) is 5.75 Å². The molecule has 0 aliphatic heterocycles. The monoisotopic (exact) mass is 250 g/mol. The van der Waals surface area contributed by atoms with Crippen molar-refractivity contribution in [2.24, 2.45) is 11.7 Å². The normalized spacial score (nSPS) is 12.3. The Kier molecular flexibility index (Phi) is 5.65. The van der Waals surface area contributed by atoms with E-state index in [1.165, 1.54) is 0 Å². The highest BCUT2D eigenvalue weighted by Crippen LogP contribution is 2.13. The summed E-state index contributed by atoms with van der Waals surface area (Å²) in [5, 5.41) is 2.85. The molecule has 18 heavy (non-hydrogen) atoms. The van der Waals surface area contributed by atoms with Crippen LogP contribution in [0.15, 0.2) is 24.3 Å². The van der Waals surface area contributed by atoms with Gasteiger partial charge in [0, 0.05) is 12.1 Å². The molecule has 1 atom stereocenters. The van der Waals surface area contributed by atoms with Gasteiger partial charge < -0.3 is 15.8 Å². The molecule has 0 aliphatic carbocycles. The van der Waals surface area contributed by atoms with Crippen molar-refractivity contribution in [2.75, 3.05) is 13.1 Å². The average molecular weight is 250 g/mol. The Morgan fingerprint density at radius 2 is 1.89 bits per heavy atom. The predicted molar refractivity (Wildman–Crippen MR) is 72.8 cm³/mol. The first kappa shape index (κ1) is 14.5. The van der Waals surface area contributed by atoms with Crippen molar-refractivity contribution in [1.29, 1.82) is 0 Å². The molecular formula is C14H22N2O2. The van der Waals surface area contributed by atoms with Crippen LogP contribution in [0.4, 0.5) is 0 Å². The summed E-state index contributed by atoms with van der Waals surface area (Å²) in [4.78, 5) is 11.8. The van der Waals surface area contributed by atoms with Crippen LogP contribution in [-0.4, -0.2) is 25.1 Å². The molecule has 3 N–H and O–H groups in total. The van der Waals surface area contributed by atoms with Gasteiger partial charge in [0.05, 0.1) is 6.10 Å². The predicted octanol–water partition coefficient (Wildman–Crippen LogP) is 1.80. The van der Waals surface area contributed by atoms with E-state index in [2.05, 4.69) is 5.32 Å². The summed E-state index contributed by atoms with van der Waals surface area (Å²) in [7, 11) is 0. The molecule has 0 spiro atoms. The molecule has 4 nitrogen and oxygen atoms in total. The minimum absolute atomic E-state index is 0.0774. The highest BCUT2D eigenvalue weighted by atomic mass is 16.5. The van der Waals surface area contributed by atoms with Gasteiger partial charge in [0.15, 0.2) is 0 Å². The highest BCUT2D eigenvalue weighted by Gasteiger charge is 2.07. The topological polar surface area (TPSA) is 64.3 Å². The first-order valence-electron chi connectivity index (χ1n) is 6.28. The standard InChI is InChI=1S/C14H22N2O2/c1-10(2)18-13-6-4-12(5-7-13)14(17)16-9-11(3)8-15/h4-7,10-11H,8-9,15H2,1-3H3,(H,16,17). The van der Waals surface area contributed by atoms with E-state index < -0.39 is 0 Å². The molecule has 1 aromatic rings. The fourth-order valence-electron chi connectivity index (χ4n) is 1.41. The van der Waals surface area contributed by atoms with E-state index in [9.17, 15) is 4.79 Å². The molecule has 0 aliphatic rings. The lowest BCUT2D eigenvalue weighted by Gasteiger charge is -2.11. The number of hydrogen-bond acceptors (Lipinski definition) is 3. The smallest absolute Gasteiger partial charge is 0.251 e. The number of carbonyl (C=O) groups is 1. The third kappa shape index (κ3) is 4.75. The molecule has 0 aromatic heterocycles. The number of hydrogen-bond donors (Lipinski definition) is 2. The molecule has 0 bridgehead atoms. The molecular weight excluding hydrogens is 228 g/mol. The number of ether oxygens (including phenoxy) is 1. The van der Waals surface area contributed by atoms with Crippen LogP contribution in [0.2, 0.25) is 0 Å². The van der Waals surface area contributed by atoms with Crippen LogP contribution in [0, 0.1) is 5.92 Å². The van der Waals surface area contributed by atoms with Crippen molar-refractivity contribution in [3.63, 3.8) is 0 Å². The van der Waals surface area contributed by atoms with Crippen LogP contribution >= 0.6 is 0 Å². The Bertz CT molecular complexity index is 374. The van der Waals surface area contributed by atoms with E-state index in [4.69, 9.17) is 10.5 Å². The number of rotatable bonds is 6. The molecule has 0 fully saturated rings. The van der Waals surface area contributed by atoms with Gasteiger partial charge >= 0.3 is 0 Å². The maximum absolute atomic E-state index is 11.8. The molecule has 0 heterocycles. The van der Waals surface area contributed by atoms with Gasteiger partial charge in [-0.25, -0.2) is 0 Å². The van der Waals surface area contributed by atoms with Crippen molar-refractivity contribution in [1.82, 2.24) is 5.32 Å². The van der Waals surface area contributed by atoms with Crippen LogP contribution < -0.4 is 15.8 Å². The third-order valence-corrected chi connectivity index (χ3v) is 2.50. The Hall–Kier alpha value is -1.55. The van der Waals surface area contributed by atoms with E-state index in [0.29, 0.717) is 18.7 Å². The van der Waals surface area contributed by atoms with Crippen molar-refractivity contribution < 1.29 is 9.53 Å². The van der Waals surface area contributed by atoms with Gasteiger partial charge in [0.25, 0.3) is 5.91 Å². The zero-order valence-corrected chi connectivity index (χ0v) is 11.3. The van der Waals surface area contributed by atoms with E-state index in [0.717, 1.165) is 5.75 Å². The Labute approximate surface area is 109 Å². The molecule has 1 rings (SSSR count). The molecule has 0 saturated heterocycles. The minimum atomic E-state index is -0.0774. The van der Waals surface area contributed by atoms with E-state index >= 15 is 0 Å². The van der Waals surface area contributed by atoms with Crippen molar-refractivity contribution in [3.05, 3.63) is 29.8 Å². The Balaban J connectivity index is 2.53. The van der Waals surface area contributed by atoms with E-state index in [1.54, 1.807) is 24.3 Å². The van der Waals surface area contributed by atoms with Gasteiger partial charge in [-0.3, -0.25) is 4.79 Å². The first-order valence-corrected chi connectivity index (χ1v) is 6.28. The summed E-state index contributed by atoms with van der Waals surface area (Å²) in [6, 6.07) is 7.14. The number of nitrogens with one attached hydrogen (secondary N) is 1. The molecule has 0 radical (unpaired) electrons. The summed E-state index contributed by atoms with van der Waals surface area (Å²) < 4.78 is 5.52. The fourth-order valence-corrected chi connectivity index (χ4v) is 1.41. The number of carbonyl (C=O) groups excluding carboxylic acids is 1. The van der Waals surface area contributed by atoms with Crippen LogP contribution in [0.3, 0.4) is 0 Å². The molecule has 100 valence electrons. The molecule has 4 heteroatoms. The quantitative estimate of drug-likeness (QED) is 0.809. The van der Waals surface area contributed by atoms with Crippen LogP contribution in [0.5, 0.6) is 5.75 Å². The zero-order chi connectivity index (χ0) is 13.5. The number of benzene rings is 1. The lowest BCUT2D eigenvalue weighted by molar-refractivity contribution is 0.0948. The Morgan fingerprint density at radius 1 is 1.28 bits per heavy atom. The lowest BCUT2D eigenvalue weighted by Crippen LogP contribution is -2.31. The van der Waals surface area contributed by atoms with Crippen LogP contribution in [0.1, 0.15) is 31.1 Å². The van der Waals surface area contributed by atoms with Crippen molar-refractivity contribution in [2.45, 2.75) is 26.9 Å². The SMILES string of the molecule is CC(CN)CNC(=O)c1ccc(OC(C)C)cc1. The fraction of sp³-hybridized carbons (Fsp3) is 0.500. The van der Waals surface area contributed by atoms with Gasteiger partial charge in [-0.2, -0.15) is 0 Å². The van der Waals surface area contributed by atoms with Crippen LogP contribution in [0.25, 0.3) is 0 Å². The summed E-state index contributed by atoms with van der Waals surface area (Å²) >= 11 is 0. The summed E-state index contributed by atoms with van der Waals surface area (Å²) in [6.07, 6.45) is 0.134. The van der Waals surface area contributed by atoms with Gasteiger partial charge in [-0.1, -0.05) is 6.92 Å². The van der Waals surface area contributed by atoms with E-state index in [-0.39, 0.29) is 17.9 Å². The third-order valence-electron chi connectivity index (χ3n) is 2.50. The molecule has 1 amide bonds. The second kappa shape index (κ2) is 7.01. The van der Waals surface area contributed by atoms with Crippen molar-refractivity contribution >= 4 is 5.91 Å². The van der Waals surface area contributed by atoms with Crippen LogP contribution in [-0.2, 0) is 0 Å². The summed E-state index contributed by atoms with van der Waals surface area (Å²) in [5.74, 6) is 0.987. The maximum Gasteiger partial charge on any atom is 0.251 e. The average Bonchev–Trinajstić information content (AvgIpc) is 2.35. The van der Waals surface area contributed by atoms with Gasteiger partial charge in [-0.15, -0.1) is 0 Å². The second-order valence-corrected chi connectivity index (χ2v) is 4.74. The lowest BCUT2D eigenvalue weighted by atomic mass is 10.1. The largest absolute Gasteiger partial charge is 0.491 e. The number of amides is 1. The highest BCUT2D eigenvalue weighted by molar-refractivity contribution is 5.94. The first-order chi connectivity index (χ1) is 8.52. The summed E-state index contributed by atoms with van der Waals surface area (Å²) in [5.41, 5.74) is 6.13. The zero-order valence-electron chi connectivity index (χ0n) is 11.3. The van der Waals surface area contributed by atoms with E-state index in [1.807, 2.05) is 20.8 Å². The minimum Gasteiger partial charge on any atom is -0.491 e. The molecule has 0 saturated carbocycles. The maximum atomic E-state index is 11.8. The Morgan fingerprint density at radius 3 is 2.39 bits per heavy atom.